The average Bonchev–Trinajstić information content (AvgIpc) is 2.77. The fraction of sp³-hybridized carbons (Fsp3) is 0.692. The highest BCUT2D eigenvalue weighted by atomic mass is 32.1. The van der Waals surface area contributed by atoms with Crippen LogP contribution in [0, 0.1) is 5.92 Å². The van der Waals surface area contributed by atoms with Crippen molar-refractivity contribution in [3.05, 3.63) is 22.4 Å². The predicted molar refractivity (Wildman–Crippen MR) is 67.4 cm³/mol. The zero-order valence-electron chi connectivity index (χ0n) is 9.70. The molecule has 1 aliphatic carbocycles. The largest absolute Gasteiger partial charge is 0.311 e. The SMILES string of the molecule is CC1CCC(NC(C)Cc2cccs2)C1. The predicted octanol–water partition coefficient (Wildman–Crippen LogP) is 3.46. The molecule has 1 nitrogen and oxygen atoms in total. The van der Waals surface area contributed by atoms with Crippen LogP contribution in [0.1, 0.15) is 38.0 Å². The van der Waals surface area contributed by atoms with Crippen molar-refractivity contribution >= 4 is 11.3 Å². The third-order valence-electron chi connectivity index (χ3n) is 3.30. The van der Waals surface area contributed by atoms with Crippen LogP contribution in [0.2, 0.25) is 0 Å². The smallest absolute Gasteiger partial charge is 0.00896 e. The van der Waals surface area contributed by atoms with Crippen LogP contribution in [-0.2, 0) is 6.42 Å². The summed E-state index contributed by atoms with van der Waals surface area (Å²) in [5, 5.41) is 5.92. The first-order valence-electron chi connectivity index (χ1n) is 6.02. The normalized spacial score (nSPS) is 28.1. The molecular formula is C13H21NS. The molecule has 1 fully saturated rings. The van der Waals surface area contributed by atoms with Crippen LogP contribution in [0.3, 0.4) is 0 Å². The summed E-state index contributed by atoms with van der Waals surface area (Å²) in [6, 6.07) is 5.78. The van der Waals surface area contributed by atoms with E-state index in [1.165, 1.54) is 30.6 Å². The quantitative estimate of drug-likeness (QED) is 0.824. The molecule has 0 saturated heterocycles. The van der Waals surface area contributed by atoms with Crippen LogP contribution in [0.15, 0.2) is 17.5 Å². The number of thiophene rings is 1. The lowest BCUT2D eigenvalue weighted by atomic mass is 10.1. The van der Waals surface area contributed by atoms with E-state index in [2.05, 4.69) is 36.7 Å². The van der Waals surface area contributed by atoms with Gasteiger partial charge < -0.3 is 5.32 Å². The molecule has 0 aliphatic heterocycles. The van der Waals surface area contributed by atoms with E-state index >= 15 is 0 Å². The minimum absolute atomic E-state index is 0.624. The van der Waals surface area contributed by atoms with Gasteiger partial charge in [-0.15, -0.1) is 11.3 Å². The maximum absolute atomic E-state index is 3.75. The van der Waals surface area contributed by atoms with Crippen LogP contribution in [0.5, 0.6) is 0 Å². The summed E-state index contributed by atoms with van der Waals surface area (Å²) in [6.07, 6.45) is 5.33. The third-order valence-corrected chi connectivity index (χ3v) is 4.20. The zero-order valence-corrected chi connectivity index (χ0v) is 10.5. The first-order chi connectivity index (χ1) is 7.24. The molecule has 2 heteroatoms. The van der Waals surface area contributed by atoms with Crippen molar-refractivity contribution in [3.8, 4) is 0 Å². The van der Waals surface area contributed by atoms with Crippen molar-refractivity contribution in [2.75, 3.05) is 0 Å². The van der Waals surface area contributed by atoms with Crippen LogP contribution < -0.4 is 5.32 Å². The van der Waals surface area contributed by atoms with Gasteiger partial charge in [0.05, 0.1) is 0 Å². The minimum Gasteiger partial charge on any atom is -0.311 e. The highest BCUT2D eigenvalue weighted by Crippen LogP contribution is 2.25. The zero-order chi connectivity index (χ0) is 10.7. The summed E-state index contributed by atoms with van der Waals surface area (Å²) in [7, 11) is 0. The lowest BCUT2D eigenvalue weighted by Gasteiger charge is -2.18. The van der Waals surface area contributed by atoms with Crippen molar-refractivity contribution in [1.82, 2.24) is 5.32 Å². The van der Waals surface area contributed by atoms with Crippen molar-refractivity contribution in [1.29, 1.82) is 0 Å². The van der Waals surface area contributed by atoms with Gasteiger partial charge in [-0.3, -0.25) is 0 Å². The molecule has 2 rings (SSSR count). The second-order valence-electron chi connectivity index (χ2n) is 4.97. The van der Waals surface area contributed by atoms with Gasteiger partial charge in [0.15, 0.2) is 0 Å². The Morgan fingerprint density at radius 1 is 1.53 bits per heavy atom. The minimum atomic E-state index is 0.624. The first-order valence-corrected chi connectivity index (χ1v) is 6.90. The van der Waals surface area contributed by atoms with Crippen LogP contribution in [0.4, 0.5) is 0 Å². The summed E-state index contributed by atoms with van der Waals surface area (Å²) in [5.74, 6) is 0.927. The van der Waals surface area contributed by atoms with Gasteiger partial charge in [0, 0.05) is 17.0 Å². The van der Waals surface area contributed by atoms with Crippen LogP contribution in [-0.4, -0.2) is 12.1 Å². The van der Waals surface area contributed by atoms with E-state index in [1.807, 2.05) is 11.3 Å². The summed E-state index contributed by atoms with van der Waals surface area (Å²) in [6.45, 7) is 4.67. The Morgan fingerprint density at radius 3 is 3.00 bits per heavy atom. The number of hydrogen-bond donors (Lipinski definition) is 1. The molecule has 15 heavy (non-hydrogen) atoms. The van der Waals surface area contributed by atoms with E-state index in [4.69, 9.17) is 0 Å². The molecule has 0 radical (unpaired) electrons. The maximum Gasteiger partial charge on any atom is 0.00896 e. The molecule has 1 N–H and O–H groups in total. The Hall–Kier alpha value is -0.340. The summed E-state index contributed by atoms with van der Waals surface area (Å²) >= 11 is 1.87. The second-order valence-corrected chi connectivity index (χ2v) is 6.00. The molecule has 3 unspecified atom stereocenters. The molecule has 1 aliphatic rings. The van der Waals surface area contributed by atoms with Gasteiger partial charge in [0.2, 0.25) is 0 Å². The van der Waals surface area contributed by atoms with Gasteiger partial charge in [0.25, 0.3) is 0 Å². The van der Waals surface area contributed by atoms with E-state index in [9.17, 15) is 0 Å². The third kappa shape index (κ3) is 3.32. The monoisotopic (exact) mass is 223 g/mol. The van der Waals surface area contributed by atoms with Gasteiger partial charge in [-0.1, -0.05) is 13.0 Å². The molecule has 1 aromatic rings. The van der Waals surface area contributed by atoms with Crippen molar-refractivity contribution in [2.45, 2.75) is 51.6 Å². The molecule has 0 amide bonds. The molecule has 84 valence electrons. The maximum atomic E-state index is 3.75. The highest BCUT2D eigenvalue weighted by molar-refractivity contribution is 7.09. The fourth-order valence-corrected chi connectivity index (χ4v) is 3.39. The van der Waals surface area contributed by atoms with E-state index in [1.54, 1.807) is 0 Å². The summed E-state index contributed by atoms with van der Waals surface area (Å²) < 4.78 is 0. The Balaban J connectivity index is 1.75. The Kier molecular flexibility index (Phi) is 3.81. The molecule has 0 bridgehead atoms. The Morgan fingerprint density at radius 2 is 2.40 bits per heavy atom. The number of rotatable bonds is 4. The molecule has 1 heterocycles. The van der Waals surface area contributed by atoms with Gasteiger partial charge in [-0.25, -0.2) is 0 Å². The summed E-state index contributed by atoms with van der Waals surface area (Å²) in [4.78, 5) is 1.50. The fourth-order valence-electron chi connectivity index (χ4n) is 2.55. The van der Waals surface area contributed by atoms with E-state index in [0.29, 0.717) is 6.04 Å². The van der Waals surface area contributed by atoms with E-state index in [0.717, 1.165) is 12.0 Å². The topological polar surface area (TPSA) is 12.0 Å². The van der Waals surface area contributed by atoms with Crippen LogP contribution in [0.25, 0.3) is 0 Å². The van der Waals surface area contributed by atoms with E-state index in [-0.39, 0.29) is 0 Å². The Bertz CT molecular complexity index is 281. The van der Waals surface area contributed by atoms with Gasteiger partial charge in [0.1, 0.15) is 0 Å². The van der Waals surface area contributed by atoms with Crippen molar-refractivity contribution in [2.24, 2.45) is 5.92 Å². The van der Waals surface area contributed by atoms with Gasteiger partial charge in [-0.2, -0.15) is 0 Å². The molecule has 0 aromatic carbocycles. The lowest BCUT2D eigenvalue weighted by Crippen LogP contribution is -2.36. The molecule has 1 saturated carbocycles. The molecule has 1 aromatic heterocycles. The molecule has 0 spiro atoms. The van der Waals surface area contributed by atoms with E-state index < -0.39 is 0 Å². The highest BCUT2D eigenvalue weighted by Gasteiger charge is 2.22. The first kappa shape index (κ1) is 11.2. The molecule has 3 atom stereocenters. The lowest BCUT2D eigenvalue weighted by molar-refractivity contribution is 0.439. The second kappa shape index (κ2) is 5.13. The standard InChI is InChI=1S/C13H21NS/c1-10-5-6-12(8-10)14-11(2)9-13-4-3-7-15-13/h3-4,7,10-12,14H,5-6,8-9H2,1-2H3. The van der Waals surface area contributed by atoms with Gasteiger partial charge >= 0.3 is 0 Å². The average molecular weight is 223 g/mol. The number of nitrogens with one attached hydrogen (secondary N) is 1. The molecular weight excluding hydrogens is 202 g/mol. The van der Waals surface area contributed by atoms with Crippen LogP contribution >= 0.6 is 11.3 Å². The number of hydrogen-bond acceptors (Lipinski definition) is 2. The summed E-state index contributed by atoms with van der Waals surface area (Å²) in [5.41, 5.74) is 0. The Labute approximate surface area is 96.9 Å². The van der Waals surface area contributed by atoms with Gasteiger partial charge in [-0.05, 0) is 50.0 Å². The van der Waals surface area contributed by atoms with Crippen molar-refractivity contribution in [3.63, 3.8) is 0 Å². The van der Waals surface area contributed by atoms with Crippen molar-refractivity contribution < 1.29 is 0 Å².